The Hall–Kier alpha value is -2.13. The molecule has 1 aliphatic heterocycles. The first-order valence-electron chi connectivity index (χ1n) is 7.55. The summed E-state index contributed by atoms with van der Waals surface area (Å²) in [5.74, 6) is 0. The molecule has 21 heavy (non-hydrogen) atoms. The fourth-order valence-corrected chi connectivity index (χ4v) is 3.38. The number of rotatable bonds is 3. The number of nitrogens with zero attached hydrogens (tertiary/aromatic N) is 2. The van der Waals surface area contributed by atoms with Crippen molar-refractivity contribution in [3.05, 3.63) is 66.0 Å². The van der Waals surface area contributed by atoms with Crippen molar-refractivity contribution in [2.75, 3.05) is 0 Å². The van der Waals surface area contributed by atoms with Crippen LogP contribution in [-0.4, -0.2) is 15.6 Å². The molecule has 0 aliphatic carbocycles. The molecule has 1 N–H and O–H groups in total. The molecule has 0 bridgehead atoms. The van der Waals surface area contributed by atoms with Crippen molar-refractivity contribution >= 4 is 11.0 Å². The summed E-state index contributed by atoms with van der Waals surface area (Å²) in [4.78, 5) is 4.50. The van der Waals surface area contributed by atoms with Crippen molar-refractivity contribution < 1.29 is 0 Å². The van der Waals surface area contributed by atoms with Gasteiger partial charge in [0.25, 0.3) is 0 Å². The number of benzene rings is 2. The van der Waals surface area contributed by atoms with Gasteiger partial charge in [-0.3, -0.25) is 0 Å². The Bertz CT molecular complexity index is 760. The molecule has 106 valence electrons. The van der Waals surface area contributed by atoms with Crippen molar-refractivity contribution in [1.82, 2.24) is 14.9 Å². The van der Waals surface area contributed by atoms with Crippen LogP contribution in [0.1, 0.15) is 24.1 Å². The fourth-order valence-electron chi connectivity index (χ4n) is 3.38. The maximum atomic E-state index is 4.50. The second-order valence-corrected chi connectivity index (χ2v) is 5.88. The molecule has 2 aromatic carbocycles. The molecule has 3 aromatic rings. The van der Waals surface area contributed by atoms with Gasteiger partial charge in [-0.05, 0) is 30.5 Å². The van der Waals surface area contributed by atoms with E-state index in [1.54, 1.807) is 0 Å². The molecule has 0 fully saturated rings. The van der Waals surface area contributed by atoms with Crippen LogP contribution in [0.2, 0.25) is 0 Å². The summed E-state index contributed by atoms with van der Waals surface area (Å²) in [5.41, 5.74) is 5.16. The number of aromatic nitrogens is 2. The van der Waals surface area contributed by atoms with Crippen molar-refractivity contribution in [2.24, 2.45) is 0 Å². The first-order valence-corrected chi connectivity index (χ1v) is 7.55. The van der Waals surface area contributed by atoms with Gasteiger partial charge in [0.15, 0.2) is 0 Å². The number of hydrogen-bond donors (Lipinski definition) is 1. The van der Waals surface area contributed by atoms with Crippen LogP contribution >= 0.6 is 0 Å². The Morgan fingerprint density at radius 2 is 2.00 bits per heavy atom. The molecule has 4 rings (SSSR count). The van der Waals surface area contributed by atoms with E-state index in [0.29, 0.717) is 12.1 Å². The zero-order chi connectivity index (χ0) is 14.2. The van der Waals surface area contributed by atoms with Crippen molar-refractivity contribution in [2.45, 2.75) is 32.0 Å². The third-order valence-corrected chi connectivity index (χ3v) is 4.39. The van der Waals surface area contributed by atoms with Crippen LogP contribution in [0, 0.1) is 0 Å². The van der Waals surface area contributed by atoms with Gasteiger partial charge >= 0.3 is 0 Å². The highest BCUT2D eigenvalue weighted by atomic mass is 15.1. The molecule has 3 heteroatoms. The van der Waals surface area contributed by atoms with Gasteiger partial charge in [0.1, 0.15) is 0 Å². The van der Waals surface area contributed by atoms with Crippen LogP contribution in [-0.2, 0) is 13.0 Å². The summed E-state index contributed by atoms with van der Waals surface area (Å²) >= 11 is 0. The first kappa shape index (κ1) is 12.6. The van der Waals surface area contributed by atoms with E-state index in [4.69, 9.17) is 0 Å². The molecular weight excluding hydrogens is 258 g/mol. The maximum Gasteiger partial charge on any atom is 0.0958 e. The Morgan fingerprint density at radius 3 is 2.86 bits per heavy atom. The molecule has 2 heterocycles. The first-order chi connectivity index (χ1) is 10.3. The summed E-state index contributed by atoms with van der Waals surface area (Å²) < 4.78 is 2.28. The van der Waals surface area contributed by atoms with Gasteiger partial charge in [-0.1, -0.05) is 42.5 Å². The summed E-state index contributed by atoms with van der Waals surface area (Å²) in [7, 11) is 0. The largest absolute Gasteiger partial charge is 0.329 e. The van der Waals surface area contributed by atoms with Gasteiger partial charge in [0.2, 0.25) is 0 Å². The molecular formula is C18H19N3. The lowest BCUT2D eigenvalue weighted by atomic mass is 9.99. The fraction of sp³-hybridized carbons (Fsp3) is 0.278. The van der Waals surface area contributed by atoms with Crippen LogP contribution in [0.15, 0.2) is 54.9 Å². The normalized spacial score (nSPS) is 18.8. The van der Waals surface area contributed by atoms with E-state index < -0.39 is 0 Å². The highest BCUT2D eigenvalue weighted by Gasteiger charge is 2.22. The molecule has 2 atom stereocenters. The zero-order valence-electron chi connectivity index (χ0n) is 12.2. The van der Waals surface area contributed by atoms with E-state index in [0.717, 1.165) is 18.5 Å². The summed E-state index contributed by atoms with van der Waals surface area (Å²) in [6.07, 6.45) is 3.04. The van der Waals surface area contributed by atoms with E-state index in [1.165, 1.54) is 16.6 Å². The molecule has 0 spiro atoms. The minimum atomic E-state index is 0.362. The molecule has 3 nitrogen and oxygen atoms in total. The van der Waals surface area contributed by atoms with Gasteiger partial charge in [0.05, 0.1) is 17.4 Å². The lowest BCUT2D eigenvalue weighted by Gasteiger charge is -2.28. The lowest BCUT2D eigenvalue weighted by Crippen LogP contribution is -2.39. The van der Waals surface area contributed by atoms with E-state index in [2.05, 4.69) is 70.3 Å². The van der Waals surface area contributed by atoms with Crippen LogP contribution in [0.3, 0.4) is 0 Å². The van der Waals surface area contributed by atoms with Crippen molar-refractivity contribution in [1.29, 1.82) is 0 Å². The summed E-state index contributed by atoms with van der Waals surface area (Å²) in [6.45, 7) is 3.23. The Kier molecular flexibility index (Phi) is 3.00. The van der Waals surface area contributed by atoms with Crippen LogP contribution in [0.5, 0.6) is 0 Å². The average molecular weight is 277 g/mol. The third kappa shape index (κ3) is 2.24. The quantitative estimate of drug-likeness (QED) is 0.796. The average Bonchev–Trinajstić information content (AvgIpc) is 2.93. The topological polar surface area (TPSA) is 29.9 Å². The summed E-state index contributed by atoms with van der Waals surface area (Å²) in [6, 6.07) is 17.9. The van der Waals surface area contributed by atoms with Gasteiger partial charge in [0, 0.05) is 18.6 Å². The van der Waals surface area contributed by atoms with E-state index in [9.17, 15) is 0 Å². The smallest absolute Gasteiger partial charge is 0.0958 e. The lowest BCUT2D eigenvalue weighted by molar-refractivity contribution is 0.397. The van der Waals surface area contributed by atoms with E-state index in [-0.39, 0.29) is 0 Å². The Morgan fingerprint density at radius 1 is 1.14 bits per heavy atom. The Balaban J connectivity index is 1.57. The molecule has 0 saturated carbocycles. The highest BCUT2D eigenvalue weighted by molar-refractivity contribution is 5.79. The number of imidazole rings is 1. The third-order valence-electron chi connectivity index (χ3n) is 4.39. The molecule has 2 unspecified atom stereocenters. The highest BCUT2D eigenvalue weighted by Crippen LogP contribution is 2.25. The standard InChI is InChI=1S/C18H19N3/c1-13(14-6-3-2-4-7-14)20-16-10-15-8-5-9-17-18(15)21(11-16)12-19-17/h2-9,12-13,16,20H,10-11H2,1H3. The molecule has 1 aromatic heterocycles. The summed E-state index contributed by atoms with van der Waals surface area (Å²) in [5, 5.41) is 3.76. The van der Waals surface area contributed by atoms with Crippen LogP contribution in [0.4, 0.5) is 0 Å². The van der Waals surface area contributed by atoms with Gasteiger partial charge in [-0.15, -0.1) is 0 Å². The van der Waals surface area contributed by atoms with E-state index in [1.807, 2.05) is 6.33 Å². The van der Waals surface area contributed by atoms with Gasteiger partial charge in [-0.2, -0.15) is 0 Å². The van der Waals surface area contributed by atoms with Gasteiger partial charge < -0.3 is 9.88 Å². The molecule has 1 aliphatic rings. The molecule has 0 amide bonds. The molecule has 0 saturated heterocycles. The molecule has 0 radical (unpaired) electrons. The van der Waals surface area contributed by atoms with Crippen molar-refractivity contribution in [3.63, 3.8) is 0 Å². The predicted molar refractivity (Wildman–Crippen MR) is 85.2 cm³/mol. The second-order valence-electron chi connectivity index (χ2n) is 5.88. The second kappa shape index (κ2) is 5.01. The predicted octanol–water partition coefficient (Wildman–Crippen LogP) is 3.31. The van der Waals surface area contributed by atoms with Gasteiger partial charge in [-0.25, -0.2) is 4.98 Å². The number of nitrogens with one attached hydrogen (secondary N) is 1. The van der Waals surface area contributed by atoms with Crippen LogP contribution in [0.25, 0.3) is 11.0 Å². The number of hydrogen-bond acceptors (Lipinski definition) is 2. The maximum absolute atomic E-state index is 4.50. The Labute approximate surface area is 124 Å². The monoisotopic (exact) mass is 277 g/mol. The SMILES string of the molecule is CC(NC1Cc2cccc3ncn(c23)C1)c1ccccc1. The number of para-hydroxylation sites is 1. The van der Waals surface area contributed by atoms with Crippen LogP contribution < -0.4 is 5.32 Å². The van der Waals surface area contributed by atoms with Crippen molar-refractivity contribution in [3.8, 4) is 0 Å². The van der Waals surface area contributed by atoms with E-state index >= 15 is 0 Å². The minimum absolute atomic E-state index is 0.362. The zero-order valence-corrected chi connectivity index (χ0v) is 12.2. The minimum Gasteiger partial charge on any atom is -0.329 e.